The Morgan fingerprint density at radius 2 is 1.92 bits per heavy atom. The van der Waals surface area contributed by atoms with E-state index in [-0.39, 0.29) is 11.9 Å². The number of hydrogen-bond donors (Lipinski definition) is 2. The molecule has 0 saturated carbocycles. The SMILES string of the molecule is O=C(NC(c1ccccc1)c1cccs1)c1cccc(-c2ncn[nH]2)c1. The van der Waals surface area contributed by atoms with E-state index < -0.39 is 0 Å². The van der Waals surface area contributed by atoms with E-state index >= 15 is 0 Å². The monoisotopic (exact) mass is 360 g/mol. The zero-order chi connectivity index (χ0) is 17.8. The van der Waals surface area contributed by atoms with Crippen molar-refractivity contribution in [2.24, 2.45) is 0 Å². The first-order valence-corrected chi connectivity index (χ1v) is 9.04. The highest BCUT2D eigenvalue weighted by Crippen LogP contribution is 2.26. The second kappa shape index (κ2) is 7.33. The lowest BCUT2D eigenvalue weighted by Gasteiger charge is -2.18. The van der Waals surface area contributed by atoms with Crippen LogP contribution in [0.15, 0.2) is 78.4 Å². The number of aromatic amines is 1. The quantitative estimate of drug-likeness (QED) is 0.564. The van der Waals surface area contributed by atoms with Crippen LogP contribution in [0.25, 0.3) is 11.4 Å². The average Bonchev–Trinajstić information content (AvgIpc) is 3.40. The van der Waals surface area contributed by atoms with Gasteiger partial charge < -0.3 is 5.32 Å². The molecule has 0 aliphatic carbocycles. The van der Waals surface area contributed by atoms with Crippen molar-refractivity contribution < 1.29 is 4.79 Å². The normalized spacial score (nSPS) is 11.8. The van der Waals surface area contributed by atoms with Gasteiger partial charge in [-0.2, -0.15) is 5.10 Å². The van der Waals surface area contributed by atoms with E-state index in [2.05, 4.69) is 20.5 Å². The summed E-state index contributed by atoms with van der Waals surface area (Å²) in [5.41, 5.74) is 2.45. The molecule has 128 valence electrons. The molecule has 0 aliphatic heterocycles. The Morgan fingerprint density at radius 3 is 2.65 bits per heavy atom. The molecular weight excluding hydrogens is 344 g/mol. The van der Waals surface area contributed by atoms with Crippen LogP contribution in [0.1, 0.15) is 26.8 Å². The molecule has 2 aromatic heterocycles. The molecule has 4 aromatic rings. The number of carbonyl (C=O) groups excluding carboxylic acids is 1. The summed E-state index contributed by atoms with van der Waals surface area (Å²) in [7, 11) is 0. The van der Waals surface area contributed by atoms with Gasteiger partial charge in [0.25, 0.3) is 5.91 Å². The second-order valence-corrected chi connectivity index (χ2v) is 6.73. The van der Waals surface area contributed by atoms with Crippen molar-refractivity contribution in [1.29, 1.82) is 0 Å². The van der Waals surface area contributed by atoms with Gasteiger partial charge in [0.1, 0.15) is 6.33 Å². The number of benzene rings is 2. The van der Waals surface area contributed by atoms with Crippen molar-refractivity contribution >= 4 is 17.2 Å². The van der Waals surface area contributed by atoms with Crippen LogP contribution in [0.3, 0.4) is 0 Å². The van der Waals surface area contributed by atoms with Gasteiger partial charge in [0, 0.05) is 16.0 Å². The standard InChI is InChI=1S/C20H16N4OS/c25-20(16-9-4-8-15(12-16)19-21-13-22-24-19)23-18(17-10-5-11-26-17)14-6-2-1-3-7-14/h1-13,18H,(H,23,25)(H,21,22,24). The lowest BCUT2D eigenvalue weighted by atomic mass is 10.0. The van der Waals surface area contributed by atoms with E-state index in [9.17, 15) is 4.79 Å². The highest BCUT2D eigenvalue weighted by Gasteiger charge is 2.19. The molecule has 0 radical (unpaired) electrons. The Morgan fingerprint density at radius 1 is 1.04 bits per heavy atom. The Bertz CT molecular complexity index is 982. The summed E-state index contributed by atoms with van der Waals surface area (Å²) in [6, 6.07) is 21.2. The maximum Gasteiger partial charge on any atom is 0.252 e. The molecule has 5 nitrogen and oxygen atoms in total. The summed E-state index contributed by atoms with van der Waals surface area (Å²) >= 11 is 1.63. The van der Waals surface area contributed by atoms with E-state index in [4.69, 9.17) is 0 Å². The molecule has 1 unspecified atom stereocenters. The van der Waals surface area contributed by atoms with Crippen molar-refractivity contribution in [3.05, 3.63) is 94.4 Å². The third kappa shape index (κ3) is 3.41. The molecule has 1 atom stereocenters. The molecule has 0 spiro atoms. The van der Waals surface area contributed by atoms with E-state index in [1.165, 1.54) is 6.33 Å². The Kier molecular flexibility index (Phi) is 4.57. The Balaban J connectivity index is 1.62. The lowest BCUT2D eigenvalue weighted by Crippen LogP contribution is -2.28. The fourth-order valence-corrected chi connectivity index (χ4v) is 3.59. The number of carbonyl (C=O) groups is 1. The van der Waals surface area contributed by atoms with Gasteiger partial charge >= 0.3 is 0 Å². The maximum atomic E-state index is 12.9. The minimum absolute atomic E-state index is 0.131. The van der Waals surface area contributed by atoms with Gasteiger partial charge in [-0.15, -0.1) is 11.3 Å². The largest absolute Gasteiger partial charge is 0.340 e. The van der Waals surface area contributed by atoms with Gasteiger partial charge in [0.2, 0.25) is 0 Å². The average molecular weight is 360 g/mol. The van der Waals surface area contributed by atoms with Crippen LogP contribution in [-0.2, 0) is 0 Å². The molecule has 2 heterocycles. The van der Waals surface area contributed by atoms with Crippen LogP contribution in [0.2, 0.25) is 0 Å². The number of nitrogens with zero attached hydrogens (tertiary/aromatic N) is 2. The number of aromatic nitrogens is 3. The van der Waals surface area contributed by atoms with E-state index in [1.54, 1.807) is 17.4 Å². The summed E-state index contributed by atoms with van der Waals surface area (Å²) in [6.07, 6.45) is 1.45. The van der Waals surface area contributed by atoms with Crippen LogP contribution >= 0.6 is 11.3 Å². The smallest absolute Gasteiger partial charge is 0.252 e. The van der Waals surface area contributed by atoms with Gasteiger partial charge in [-0.1, -0.05) is 48.5 Å². The summed E-state index contributed by atoms with van der Waals surface area (Å²) < 4.78 is 0. The molecule has 2 aromatic carbocycles. The third-order valence-corrected chi connectivity index (χ3v) is 4.99. The minimum Gasteiger partial charge on any atom is -0.340 e. The van der Waals surface area contributed by atoms with Crippen LogP contribution in [0.5, 0.6) is 0 Å². The van der Waals surface area contributed by atoms with Crippen molar-refractivity contribution in [3.63, 3.8) is 0 Å². The lowest BCUT2D eigenvalue weighted by molar-refractivity contribution is 0.0943. The summed E-state index contributed by atoms with van der Waals surface area (Å²) in [6.45, 7) is 0. The molecule has 0 fully saturated rings. The van der Waals surface area contributed by atoms with Crippen molar-refractivity contribution in [1.82, 2.24) is 20.5 Å². The van der Waals surface area contributed by atoms with Crippen molar-refractivity contribution in [3.8, 4) is 11.4 Å². The van der Waals surface area contributed by atoms with Crippen LogP contribution < -0.4 is 5.32 Å². The van der Waals surface area contributed by atoms with E-state index in [0.717, 1.165) is 16.0 Å². The number of hydrogen-bond acceptors (Lipinski definition) is 4. The highest BCUT2D eigenvalue weighted by atomic mass is 32.1. The fraction of sp³-hybridized carbons (Fsp3) is 0.0500. The molecule has 2 N–H and O–H groups in total. The predicted molar refractivity (Wildman–Crippen MR) is 102 cm³/mol. The highest BCUT2D eigenvalue weighted by molar-refractivity contribution is 7.10. The van der Waals surface area contributed by atoms with Gasteiger partial charge in [-0.05, 0) is 29.1 Å². The molecule has 0 bridgehead atoms. The predicted octanol–water partition coefficient (Wildman–Crippen LogP) is 4.05. The number of thiophene rings is 1. The zero-order valence-corrected chi connectivity index (χ0v) is 14.6. The topological polar surface area (TPSA) is 70.7 Å². The Labute approximate surface area is 154 Å². The van der Waals surface area contributed by atoms with Gasteiger partial charge in [-0.25, -0.2) is 4.98 Å². The van der Waals surface area contributed by atoms with E-state index in [0.29, 0.717) is 11.4 Å². The molecule has 4 rings (SSSR count). The summed E-state index contributed by atoms with van der Waals surface area (Å²) in [4.78, 5) is 18.1. The number of amides is 1. The molecule has 0 saturated heterocycles. The number of nitrogens with one attached hydrogen (secondary N) is 2. The molecule has 0 aliphatic rings. The number of H-pyrrole nitrogens is 1. The maximum absolute atomic E-state index is 12.9. The van der Waals surface area contributed by atoms with Gasteiger partial charge in [-0.3, -0.25) is 9.89 Å². The zero-order valence-electron chi connectivity index (χ0n) is 13.8. The van der Waals surface area contributed by atoms with Gasteiger partial charge in [0.05, 0.1) is 6.04 Å². The van der Waals surface area contributed by atoms with Crippen molar-refractivity contribution in [2.45, 2.75) is 6.04 Å². The summed E-state index contributed by atoms with van der Waals surface area (Å²) in [5, 5.41) is 11.8. The van der Waals surface area contributed by atoms with E-state index in [1.807, 2.05) is 66.0 Å². The molecular formula is C20H16N4OS. The molecule has 26 heavy (non-hydrogen) atoms. The van der Waals surface area contributed by atoms with Crippen LogP contribution in [0, 0.1) is 0 Å². The van der Waals surface area contributed by atoms with Crippen LogP contribution in [0.4, 0.5) is 0 Å². The fourth-order valence-electron chi connectivity index (χ4n) is 2.79. The van der Waals surface area contributed by atoms with Crippen LogP contribution in [-0.4, -0.2) is 21.1 Å². The third-order valence-electron chi connectivity index (χ3n) is 4.05. The van der Waals surface area contributed by atoms with Crippen molar-refractivity contribution in [2.75, 3.05) is 0 Å². The first kappa shape index (κ1) is 16.2. The molecule has 1 amide bonds. The number of rotatable bonds is 5. The minimum atomic E-state index is -0.183. The molecule has 6 heteroatoms. The Hall–Kier alpha value is -3.25. The second-order valence-electron chi connectivity index (χ2n) is 5.75. The van der Waals surface area contributed by atoms with Gasteiger partial charge in [0.15, 0.2) is 5.82 Å². The first-order chi connectivity index (χ1) is 12.8. The summed E-state index contributed by atoms with van der Waals surface area (Å²) in [5.74, 6) is 0.506. The first-order valence-electron chi connectivity index (χ1n) is 8.16.